The molecule has 1 aliphatic heterocycles. The second-order valence-electron chi connectivity index (χ2n) is 6.73. The van der Waals surface area contributed by atoms with Crippen LogP contribution in [-0.4, -0.2) is 16.7 Å². The molecule has 150 valence electrons. The van der Waals surface area contributed by atoms with Gasteiger partial charge in [-0.25, -0.2) is 4.98 Å². The Bertz CT molecular complexity index is 1060. The minimum atomic E-state index is -2.99. The van der Waals surface area contributed by atoms with Gasteiger partial charge in [-0.15, -0.1) is 23.1 Å². The largest absolute Gasteiger partial charge is 0.332 e. The lowest BCUT2D eigenvalue weighted by Gasteiger charge is -2.29. The molecule has 0 spiro atoms. The summed E-state index contributed by atoms with van der Waals surface area (Å²) in [5.41, 5.74) is 2.61. The van der Waals surface area contributed by atoms with E-state index in [0.29, 0.717) is 15.6 Å². The molecule has 0 radical (unpaired) electrons. The van der Waals surface area contributed by atoms with Crippen LogP contribution in [0.2, 0.25) is 5.02 Å². The second kappa shape index (κ2) is 8.09. The summed E-state index contributed by atoms with van der Waals surface area (Å²) in [4.78, 5) is 7.60. The standard InChI is InChI=1S/C22H19ClF2N2S2/c1-3-28-21-14(2)12-15(13-26-21)18-8-9-19(29-18)20-22(24,25)10-11-27(20)17-7-5-4-6-16(17)23/h4-13,20H,3H2,1-2H3. The molecule has 0 bridgehead atoms. The summed E-state index contributed by atoms with van der Waals surface area (Å²) in [6, 6.07) is 11.7. The van der Waals surface area contributed by atoms with Crippen molar-refractivity contribution >= 4 is 40.4 Å². The first-order chi connectivity index (χ1) is 13.9. The summed E-state index contributed by atoms with van der Waals surface area (Å²) in [6.07, 6.45) is 4.19. The summed E-state index contributed by atoms with van der Waals surface area (Å²) in [6.45, 7) is 4.11. The fourth-order valence-corrected chi connectivity index (χ4v) is 5.45. The zero-order valence-corrected chi connectivity index (χ0v) is 18.3. The van der Waals surface area contributed by atoms with E-state index in [1.165, 1.54) is 17.5 Å². The number of hydrogen-bond donors (Lipinski definition) is 0. The Kier molecular flexibility index (Phi) is 5.69. The van der Waals surface area contributed by atoms with Crippen LogP contribution in [-0.2, 0) is 0 Å². The first-order valence-electron chi connectivity index (χ1n) is 9.20. The van der Waals surface area contributed by atoms with Crippen molar-refractivity contribution in [3.8, 4) is 10.4 Å². The highest BCUT2D eigenvalue weighted by Gasteiger charge is 2.47. The highest BCUT2D eigenvalue weighted by atomic mass is 35.5. The van der Waals surface area contributed by atoms with Crippen molar-refractivity contribution in [2.75, 3.05) is 10.7 Å². The number of pyridine rings is 1. The lowest BCUT2D eigenvalue weighted by molar-refractivity contribution is 0.0360. The Morgan fingerprint density at radius 3 is 2.76 bits per heavy atom. The average Bonchev–Trinajstić information content (AvgIpc) is 3.28. The van der Waals surface area contributed by atoms with E-state index in [1.807, 2.05) is 19.2 Å². The molecule has 1 unspecified atom stereocenters. The third kappa shape index (κ3) is 3.93. The molecule has 3 heterocycles. The molecule has 4 rings (SSSR count). The van der Waals surface area contributed by atoms with Crippen molar-refractivity contribution in [2.24, 2.45) is 0 Å². The van der Waals surface area contributed by atoms with Crippen molar-refractivity contribution in [1.29, 1.82) is 0 Å². The summed E-state index contributed by atoms with van der Waals surface area (Å²) < 4.78 is 29.6. The molecule has 0 fully saturated rings. The van der Waals surface area contributed by atoms with E-state index in [9.17, 15) is 8.78 Å². The Hall–Kier alpha value is -1.89. The van der Waals surface area contributed by atoms with Crippen LogP contribution in [0.5, 0.6) is 0 Å². The zero-order chi connectivity index (χ0) is 20.6. The fraction of sp³-hybridized carbons (Fsp3) is 0.227. The predicted octanol–water partition coefficient (Wildman–Crippen LogP) is 7.59. The van der Waals surface area contributed by atoms with E-state index < -0.39 is 12.0 Å². The quantitative estimate of drug-likeness (QED) is 0.374. The van der Waals surface area contributed by atoms with Crippen LogP contribution in [0.3, 0.4) is 0 Å². The van der Waals surface area contributed by atoms with Gasteiger partial charge in [-0.3, -0.25) is 0 Å². The molecule has 0 saturated carbocycles. The van der Waals surface area contributed by atoms with Gasteiger partial charge in [-0.1, -0.05) is 30.7 Å². The number of para-hydroxylation sites is 1. The summed E-state index contributed by atoms with van der Waals surface area (Å²) in [7, 11) is 0. The number of thiophene rings is 1. The number of thioether (sulfide) groups is 1. The maximum absolute atomic E-state index is 14.8. The Morgan fingerprint density at radius 2 is 2.03 bits per heavy atom. The smallest absolute Gasteiger partial charge is 0.293 e. The van der Waals surface area contributed by atoms with Gasteiger partial charge in [0, 0.05) is 33.8 Å². The van der Waals surface area contributed by atoms with E-state index >= 15 is 0 Å². The normalized spacial score (nSPS) is 17.8. The van der Waals surface area contributed by atoms with Crippen molar-refractivity contribution in [2.45, 2.75) is 30.8 Å². The van der Waals surface area contributed by atoms with E-state index in [0.717, 1.165) is 32.9 Å². The molecule has 2 nitrogen and oxygen atoms in total. The van der Waals surface area contributed by atoms with Crippen molar-refractivity contribution < 1.29 is 8.78 Å². The zero-order valence-electron chi connectivity index (χ0n) is 15.9. The van der Waals surface area contributed by atoms with Gasteiger partial charge in [0.25, 0.3) is 5.92 Å². The van der Waals surface area contributed by atoms with Crippen molar-refractivity contribution in [3.05, 3.63) is 76.4 Å². The first kappa shape index (κ1) is 20.4. The molecule has 7 heteroatoms. The minimum Gasteiger partial charge on any atom is -0.332 e. The lowest BCUT2D eigenvalue weighted by atomic mass is 10.1. The van der Waals surface area contributed by atoms with E-state index in [2.05, 4.69) is 18.0 Å². The monoisotopic (exact) mass is 448 g/mol. The van der Waals surface area contributed by atoms with Crippen LogP contribution in [0.1, 0.15) is 23.4 Å². The van der Waals surface area contributed by atoms with Gasteiger partial charge in [-0.2, -0.15) is 8.78 Å². The SMILES string of the molecule is CCSc1ncc(-c2ccc(C3N(c4ccccc4Cl)C=CC3(F)F)s2)cc1C. The van der Waals surface area contributed by atoms with Crippen molar-refractivity contribution in [3.63, 3.8) is 0 Å². The maximum atomic E-state index is 14.8. The highest BCUT2D eigenvalue weighted by molar-refractivity contribution is 7.99. The molecule has 29 heavy (non-hydrogen) atoms. The number of aryl methyl sites for hydroxylation is 1. The number of hydrogen-bond acceptors (Lipinski definition) is 4. The van der Waals surface area contributed by atoms with Gasteiger partial charge in [0.2, 0.25) is 0 Å². The van der Waals surface area contributed by atoms with Crippen LogP contribution in [0, 0.1) is 6.92 Å². The molecule has 3 aromatic rings. The Morgan fingerprint density at radius 1 is 1.24 bits per heavy atom. The van der Waals surface area contributed by atoms with Crippen LogP contribution in [0.25, 0.3) is 10.4 Å². The predicted molar refractivity (Wildman–Crippen MR) is 119 cm³/mol. The molecule has 1 atom stereocenters. The van der Waals surface area contributed by atoms with Crippen LogP contribution in [0.4, 0.5) is 14.5 Å². The molecule has 1 aromatic carbocycles. The summed E-state index contributed by atoms with van der Waals surface area (Å²) >= 11 is 9.34. The number of nitrogens with zero attached hydrogens (tertiary/aromatic N) is 2. The molecular formula is C22H19ClF2N2S2. The summed E-state index contributed by atoms with van der Waals surface area (Å²) in [5, 5.41) is 1.45. The molecule has 0 N–H and O–H groups in total. The van der Waals surface area contributed by atoms with Gasteiger partial charge in [-0.05, 0) is 48.6 Å². The highest BCUT2D eigenvalue weighted by Crippen LogP contribution is 2.49. The lowest BCUT2D eigenvalue weighted by Crippen LogP contribution is -2.30. The molecule has 1 aliphatic rings. The average molecular weight is 449 g/mol. The van der Waals surface area contributed by atoms with Crippen LogP contribution in [0.15, 0.2) is 66.0 Å². The molecular weight excluding hydrogens is 430 g/mol. The maximum Gasteiger partial charge on any atom is 0.293 e. The third-order valence-electron chi connectivity index (χ3n) is 4.72. The number of halogens is 3. The number of aromatic nitrogens is 1. The van der Waals surface area contributed by atoms with Crippen LogP contribution < -0.4 is 4.90 Å². The first-order valence-corrected chi connectivity index (χ1v) is 11.4. The summed E-state index contributed by atoms with van der Waals surface area (Å²) in [5.74, 6) is -2.03. The van der Waals surface area contributed by atoms with E-state index in [-0.39, 0.29) is 0 Å². The fourth-order valence-electron chi connectivity index (χ4n) is 3.39. The number of alkyl halides is 2. The van der Waals surface area contributed by atoms with Gasteiger partial charge in [0.1, 0.15) is 6.04 Å². The third-order valence-corrected chi connectivity index (χ3v) is 7.22. The Labute approximate surface area is 182 Å². The van der Waals surface area contributed by atoms with Crippen molar-refractivity contribution in [1.82, 2.24) is 4.98 Å². The molecule has 2 aromatic heterocycles. The van der Waals surface area contributed by atoms with E-state index in [1.54, 1.807) is 47.0 Å². The van der Waals surface area contributed by atoms with E-state index in [4.69, 9.17) is 11.6 Å². The molecule has 0 aliphatic carbocycles. The second-order valence-corrected chi connectivity index (χ2v) is 9.51. The van der Waals surface area contributed by atoms with Gasteiger partial charge in [0.05, 0.1) is 15.7 Å². The molecule has 0 saturated heterocycles. The van der Waals surface area contributed by atoms with Gasteiger partial charge >= 0.3 is 0 Å². The minimum absolute atomic E-state index is 0.445. The van der Waals surface area contributed by atoms with Gasteiger partial charge < -0.3 is 4.90 Å². The molecule has 0 amide bonds. The number of benzene rings is 1. The van der Waals surface area contributed by atoms with Crippen LogP contribution >= 0.6 is 34.7 Å². The van der Waals surface area contributed by atoms with Gasteiger partial charge in [0.15, 0.2) is 0 Å². The number of rotatable bonds is 5. The Balaban J connectivity index is 1.69. The number of anilines is 1. The topological polar surface area (TPSA) is 16.1 Å².